The van der Waals surface area contributed by atoms with Crippen LogP contribution < -0.4 is 5.73 Å². The van der Waals surface area contributed by atoms with Crippen LogP contribution in [-0.4, -0.2) is 32.7 Å². The van der Waals surface area contributed by atoms with Crippen molar-refractivity contribution in [1.82, 2.24) is 4.31 Å². The van der Waals surface area contributed by atoms with Gasteiger partial charge in [0.05, 0.1) is 0 Å². The van der Waals surface area contributed by atoms with Crippen LogP contribution in [0.25, 0.3) is 0 Å². The number of rotatable bonds is 3. The molecule has 0 unspecified atom stereocenters. The second kappa shape index (κ2) is 3.91. The van der Waals surface area contributed by atoms with Gasteiger partial charge in [-0.1, -0.05) is 0 Å². The average Bonchev–Trinajstić information content (AvgIpc) is 2.40. The molecule has 0 atom stereocenters. The molecule has 90 valence electrons. The maximum absolute atomic E-state index is 11.9. The fourth-order valence-corrected chi connectivity index (χ4v) is 2.71. The van der Waals surface area contributed by atoms with Gasteiger partial charge in [-0.25, -0.2) is 12.7 Å². The maximum Gasteiger partial charge on any atom is 0.253 e. The van der Waals surface area contributed by atoms with Crippen molar-refractivity contribution in [2.24, 2.45) is 5.73 Å². The van der Waals surface area contributed by atoms with Crippen molar-refractivity contribution in [2.75, 3.05) is 14.1 Å². The van der Waals surface area contributed by atoms with Crippen LogP contribution in [-0.2, 0) is 10.0 Å². The Hall–Kier alpha value is -1.34. The molecular formula is C9H14N2O4S. The molecule has 16 heavy (non-hydrogen) atoms. The monoisotopic (exact) mass is 246 g/mol. The molecule has 0 aliphatic rings. The first-order valence-corrected chi connectivity index (χ1v) is 5.96. The Bertz CT molecular complexity index is 528. The first-order valence-electron chi connectivity index (χ1n) is 4.52. The van der Waals surface area contributed by atoms with Crippen LogP contribution in [0.1, 0.15) is 21.9 Å². The van der Waals surface area contributed by atoms with Crippen molar-refractivity contribution in [3.8, 4) is 0 Å². The summed E-state index contributed by atoms with van der Waals surface area (Å²) in [5.74, 6) is -0.430. The number of carbonyl (C=O) groups excluding carboxylic acids is 1. The van der Waals surface area contributed by atoms with Gasteiger partial charge in [0.1, 0.15) is 22.0 Å². The van der Waals surface area contributed by atoms with Gasteiger partial charge in [0, 0.05) is 14.1 Å². The van der Waals surface area contributed by atoms with E-state index in [-0.39, 0.29) is 22.0 Å². The molecule has 0 saturated heterocycles. The molecule has 1 amide bonds. The summed E-state index contributed by atoms with van der Waals surface area (Å²) in [4.78, 5) is 11.1. The van der Waals surface area contributed by atoms with Crippen LogP contribution in [0.2, 0.25) is 0 Å². The first kappa shape index (κ1) is 12.7. The zero-order valence-corrected chi connectivity index (χ0v) is 10.4. The van der Waals surface area contributed by atoms with Crippen LogP contribution in [0.4, 0.5) is 0 Å². The molecule has 1 aromatic rings. The highest BCUT2D eigenvalue weighted by molar-refractivity contribution is 7.89. The number of amides is 1. The van der Waals surface area contributed by atoms with Crippen molar-refractivity contribution in [1.29, 1.82) is 0 Å². The van der Waals surface area contributed by atoms with Crippen LogP contribution in [0.15, 0.2) is 9.31 Å². The molecule has 6 nitrogen and oxygen atoms in total. The Balaban J connectivity index is 3.63. The minimum Gasteiger partial charge on any atom is -0.464 e. The zero-order valence-electron chi connectivity index (χ0n) is 9.57. The molecule has 0 aromatic carbocycles. The van der Waals surface area contributed by atoms with Gasteiger partial charge in [0.25, 0.3) is 5.91 Å². The SMILES string of the molecule is Cc1oc(C)c(S(=O)(=O)N(C)C)c1C(N)=O. The van der Waals surface area contributed by atoms with Gasteiger partial charge >= 0.3 is 0 Å². The average molecular weight is 246 g/mol. The van der Waals surface area contributed by atoms with Crippen LogP contribution >= 0.6 is 0 Å². The van der Waals surface area contributed by atoms with Gasteiger partial charge in [0.15, 0.2) is 0 Å². The topological polar surface area (TPSA) is 93.6 Å². The standard InChI is InChI=1S/C9H14N2O4S/c1-5-7(9(10)12)8(6(2)15-5)16(13,14)11(3)4/h1-4H3,(H2,10,12). The highest BCUT2D eigenvalue weighted by atomic mass is 32.2. The molecule has 0 fully saturated rings. The number of sulfonamides is 1. The number of carbonyl (C=O) groups is 1. The van der Waals surface area contributed by atoms with Crippen molar-refractivity contribution >= 4 is 15.9 Å². The molecule has 1 rings (SSSR count). The van der Waals surface area contributed by atoms with E-state index >= 15 is 0 Å². The molecule has 0 aliphatic carbocycles. The predicted molar refractivity (Wildman–Crippen MR) is 57.6 cm³/mol. The summed E-state index contributed by atoms with van der Waals surface area (Å²) >= 11 is 0. The lowest BCUT2D eigenvalue weighted by molar-refractivity contribution is 0.0996. The Morgan fingerprint density at radius 1 is 1.25 bits per heavy atom. The summed E-state index contributed by atoms with van der Waals surface area (Å²) in [5.41, 5.74) is 5.07. The fourth-order valence-electron chi connectivity index (χ4n) is 1.44. The van der Waals surface area contributed by atoms with E-state index in [1.54, 1.807) is 0 Å². The quantitative estimate of drug-likeness (QED) is 0.827. The predicted octanol–water partition coefficient (Wildman–Crippen LogP) is 0.246. The lowest BCUT2D eigenvalue weighted by atomic mass is 10.2. The Kier molecular flexibility index (Phi) is 3.11. The van der Waals surface area contributed by atoms with E-state index < -0.39 is 15.9 Å². The molecule has 0 saturated carbocycles. The summed E-state index contributed by atoms with van der Waals surface area (Å²) in [6.07, 6.45) is 0. The smallest absolute Gasteiger partial charge is 0.253 e. The van der Waals surface area contributed by atoms with Crippen molar-refractivity contribution in [3.05, 3.63) is 17.1 Å². The maximum atomic E-state index is 11.9. The van der Waals surface area contributed by atoms with Crippen molar-refractivity contribution in [2.45, 2.75) is 18.7 Å². The van der Waals surface area contributed by atoms with E-state index in [0.29, 0.717) is 0 Å². The van der Waals surface area contributed by atoms with Gasteiger partial charge in [-0.15, -0.1) is 0 Å². The van der Waals surface area contributed by atoms with Crippen LogP contribution in [0, 0.1) is 13.8 Å². The number of furan rings is 1. The Labute approximate surface area is 94.1 Å². The molecule has 0 radical (unpaired) electrons. The summed E-state index contributed by atoms with van der Waals surface area (Å²) in [6, 6.07) is 0. The molecule has 1 heterocycles. The number of nitrogens with two attached hydrogens (primary N) is 1. The number of hydrogen-bond acceptors (Lipinski definition) is 4. The first-order chi connectivity index (χ1) is 7.19. The number of nitrogens with zero attached hydrogens (tertiary/aromatic N) is 1. The normalized spacial score (nSPS) is 12.1. The van der Waals surface area contributed by atoms with E-state index in [2.05, 4.69) is 0 Å². The lowest BCUT2D eigenvalue weighted by Gasteiger charge is -2.11. The highest BCUT2D eigenvalue weighted by Crippen LogP contribution is 2.27. The minimum absolute atomic E-state index is 0.0776. The largest absolute Gasteiger partial charge is 0.464 e. The lowest BCUT2D eigenvalue weighted by Crippen LogP contribution is -2.25. The van der Waals surface area contributed by atoms with Gasteiger partial charge < -0.3 is 10.2 Å². The van der Waals surface area contributed by atoms with Gasteiger partial charge in [0.2, 0.25) is 10.0 Å². The summed E-state index contributed by atoms with van der Waals surface area (Å²) in [6.45, 7) is 2.98. The van der Waals surface area contributed by atoms with E-state index in [4.69, 9.17) is 10.2 Å². The Morgan fingerprint density at radius 3 is 2.12 bits per heavy atom. The second-order valence-corrected chi connectivity index (χ2v) is 5.66. The van der Waals surface area contributed by atoms with E-state index in [0.717, 1.165) is 4.31 Å². The van der Waals surface area contributed by atoms with Crippen molar-refractivity contribution in [3.63, 3.8) is 0 Å². The van der Waals surface area contributed by atoms with E-state index in [1.165, 1.54) is 27.9 Å². The fraction of sp³-hybridized carbons (Fsp3) is 0.444. The number of hydrogen-bond donors (Lipinski definition) is 1. The Morgan fingerprint density at radius 2 is 1.75 bits per heavy atom. The summed E-state index contributed by atoms with van der Waals surface area (Å²) < 4.78 is 30.0. The molecule has 2 N–H and O–H groups in total. The number of primary amides is 1. The van der Waals surface area contributed by atoms with Crippen LogP contribution in [0.3, 0.4) is 0 Å². The molecular weight excluding hydrogens is 232 g/mol. The summed E-state index contributed by atoms with van der Waals surface area (Å²) in [5, 5.41) is 0. The van der Waals surface area contributed by atoms with Gasteiger partial charge in [-0.3, -0.25) is 4.79 Å². The number of aryl methyl sites for hydroxylation is 2. The van der Waals surface area contributed by atoms with Crippen molar-refractivity contribution < 1.29 is 17.6 Å². The zero-order chi connectivity index (χ0) is 12.7. The van der Waals surface area contributed by atoms with E-state index in [1.807, 2.05) is 0 Å². The molecule has 1 aromatic heterocycles. The third-order valence-corrected chi connectivity index (χ3v) is 4.16. The van der Waals surface area contributed by atoms with Gasteiger partial charge in [-0.05, 0) is 13.8 Å². The molecule has 7 heteroatoms. The highest BCUT2D eigenvalue weighted by Gasteiger charge is 2.31. The summed E-state index contributed by atoms with van der Waals surface area (Å²) in [7, 11) is -0.970. The third-order valence-electron chi connectivity index (χ3n) is 2.19. The molecule has 0 bridgehead atoms. The van der Waals surface area contributed by atoms with Gasteiger partial charge in [-0.2, -0.15) is 0 Å². The third kappa shape index (κ3) is 1.83. The van der Waals surface area contributed by atoms with Crippen LogP contribution in [0.5, 0.6) is 0 Å². The molecule has 0 aliphatic heterocycles. The second-order valence-electron chi connectivity index (χ2n) is 3.57. The minimum atomic E-state index is -3.72. The molecule has 0 spiro atoms. The van der Waals surface area contributed by atoms with E-state index in [9.17, 15) is 13.2 Å².